The van der Waals surface area contributed by atoms with Gasteiger partial charge in [-0.15, -0.1) is 0 Å². The van der Waals surface area contributed by atoms with Gasteiger partial charge >= 0.3 is 0 Å². The zero-order valence-corrected chi connectivity index (χ0v) is 15.6. The third-order valence-corrected chi connectivity index (χ3v) is 4.63. The van der Waals surface area contributed by atoms with Crippen LogP contribution in [0.3, 0.4) is 0 Å². The zero-order chi connectivity index (χ0) is 19.4. The van der Waals surface area contributed by atoms with Crippen molar-refractivity contribution in [3.8, 4) is 11.5 Å². The number of carbonyl (C=O) groups is 3. The van der Waals surface area contributed by atoms with Crippen molar-refractivity contribution in [2.24, 2.45) is 5.92 Å². The topological polar surface area (TPSA) is 97.0 Å². The molecule has 146 valence electrons. The molecule has 0 aromatic heterocycles. The third-order valence-electron chi connectivity index (χ3n) is 4.63. The maximum atomic E-state index is 12.5. The molecular weight excluding hydrogens is 350 g/mol. The number of carbonyl (C=O) groups excluding carboxylic acids is 3. The van der Waals surface area contributed by atoms with E-state index in [4.69, 9.17) is 9.47 Å². The highest BCUT2D eigenvalue weighted by Crippen LogP contribution is 2.35. The van der Waals surface area contributed by atoms with Crippen molar-refractivity contribution in [3.05, 3.63) is 18.2 Å². The summed E-state index contributed by atoms with van der Waals surface area (Å²) in [4.78, 5) is 38.4. The molecule has 2 N–H and O–H groups in total. The summed E-state index contributed by atoms with van der Waals surface area (Å²) in [5.74, 6) is 0.112. The molecule has 0 saturated carbocycles. The normalized spacial score (nSPS) is 19.6. The quantitative estimate of drug-likeness (QED) is 0.768. The molecule has 8 nitrogen and oxygen atoms in total. The van der Waals surface area contributed by atoms with Crippen LogP contribution in [0.5, 0.6) is 11.5 Å². The number of nitrogens with zero attached hydrogens (tertiary/aromatic N) is 1. The van der Waals surface area contributed by atoms with Gasteiger partial charge in [0.25, 0.3) is 0 Å². The van der Waals surface area contributed by atoms with Crippen molar-refractivity contribution in [1.82, 2.24) is 10.6 Å². The van der Waals surface area contributed by atoms with E-state index in [1.807, 2.05) is 6.92 Å². The minimum atomic E-state index is -0.637. The van der Waals surface area contributed by atoms with Gasteiger partial charge < -0.3 is 25.0 Å². The zero-order valence-electron chi connectivity index (χ0n) is 15.6. The number of nitrogens with one attached hydrogen (secondary N) is 2. The standard InChI is InChI=1S/C19H25N3O5/c1-3-6-20-18(24)12(2)21-19(25)13-9-17(23)22(11-13)14-4-5-15-16(10-14)27-8-7-26-15/h4-5,10,12-13H,3,6-9,11H2,1-2H3,(H,20,24)(H,21,25). The van der Waals surface area contributed by atoms with E-state index in [-0.39, 0.29) is 30.7 Å². The van der Waals surface area contributed by atoms with E-state index in [0.29, 0.717) is 36.9 Å². The highest BCUT2D eigenvalue weighted by molar-refractivity contribution is 6.01. The molecule has 0 radical (unpaired) electrons. The second kappa shape index (κ2) is 8.28. The van der Waals surface area contributed by atoms with Crippen LogP contribution in [-0.4, -0.2) is 50.1 Å². The first-order valence-corrected chi connectivity index (χ1v) is 9.27. The van der Waals surface area contributed by atoms with E-state index in [9.17, 15) is 14.4 Å². The summed E-state index contributed by atoms with van der Waals surface area (Å²) in [5.41, 5.74) is 0.674. The molecule has 2 unspecified atom stereocenters. The number of anilines is 1. The van der Waals surface area contributed by atoms with E-state index in [0.717, 1.165) is 6.42 Å². The van der Waals surface area contributed by atoms with Crippen LogP contribution in [0.2, 0.25) is 0 Å². The number of hydrogen-bond donors (Lipinski definition) is 2. The van der Waals surface area contributed by atoms with Crippen LogP contribution < -0.4 is 25.0 Å². The minimum absolute atomic E-state index is 0.115. The molecule has 2 aliphatic heterocycles. The van der Waals surface area contributed by atoms with Crippen LogP contribution >= 0.6 is 0 Å². The van der Waals surface area contributed by atoms with Crippen LogP contribution in [0, 0.1) is 5.92 Å². The molecule has 1 saturated heterocycles. The van der Waals surface area contributed by atoms with Gasteiger partial charge in [-0.25, -0.2) is 0 Å². The Balaban J connectivity index is 1.61. The highest BCUT2D eigenvalue weighted by Gasteiger charge is 2.36. The molecule has 2 aliphatic rings. The maximum absolute atomic E-state index is 12.5. The predicted molar refractivity (Wildman–Crippen MR) is 98.8 cm³/mol. The smallest absolute Gasteiger partial charge is 0.242 e. The largest absolute Gasteiger partial charge is 0.486 e. The Bertz CT molecular complexity index is 736. The molecule has 1 fully saturated rings. The van der Waals surface area contributed by atoms with Crippen LogP contribution in [0.15, 0.2) is 18.2 Å². The van der Waals surface area contributed by atoms with Gasteiger partial charge in [-0.3, -0.25) is 14.4 Å². The van der Waals surface area contributed by atoms with Gasteiger partial charge in [0.1, 0.15) is 19.3 Å². The van der Waals surface area contributed by atoms with E-state index < -0.39 is 12.0 Å². The molecule has 0 aliphatic carbocycles. The van der Waals surface area contributed by atoms with E-state index in [1.165, 1.54) is 0 Å². The summed E-state index contributed by atoms with van der Waals surface area (Å²) in [7, 11) is 0. The fourth-order valence-electron chi connectivity index (χ4n) is 3.13. The average Bonchev–Trinajstić information content (AvgIpc) is 3.07. The number of amides is 3. The summed E-state index contributed by atoms with van der Waals surface area (Å²) in [6.07, 6.45) is 0.942. The number of rotatable bonds is 6. The first kappa shape index (κ1) is 19.0. The van der Waals surface area contributed by atoms with Crippen molar-refractivity contribution in [3.63, 3.8) is 0 Å². The van der Waals surface area contributed by atoms with Crippen LogP contribution in [0.4, 0.5) is 5.69 Å². The molecule has 1 aromatic carbocycles. The number of benzene rings is 1. The Morgan fingerprint density at radius 3 is 2.74 bits per heavy atom. The molecule has 0 bridgehead atoms. The lowest BCUT2D eigenvalue weighted by Gasteiger charge is -2.22. The summed E-state index contributed by atoms with van der Waals surface area (Å²) in [6.45, 7) is 5.40. The predicted octanol–water partition coefficient (Wildman–Crippen LogP) is 0.842. The Morgan fingerprint density at radius 1 is 1.26 bits per heavy atom. The average molecular weight is 375 g/mol. The van der Waals surface area contributed by atoms with Crippen LogP contribution in [0.25, 0.3) is 0 Å². The second-order valence-corrected chi connectivity index (χ2v) is 6.75. The number of hydrogen-bond acceptors (Lipinski definition) is 5. The Hall–Kier alpha value is -2.77. The SMILES string of the molecule is CCCNC(=O)C(C)NC(=O)C1CC(=O)N(c2ccc3c(c2)OCCO3)C1. The lowest BCUT2D eigenvalue weighted by atomic mass is 10.1. The van der Waals surface area contributed by atoms with Crippen molar-refractivity contribution >= 4 is 23.4 Å². The van der Waals surface area contributed by atoms with Crippen LogP contribution in [0.1, 0.15) is 26.7 Å². The maximum Gasteiger partial charge on any atom is 0.242 e. The van der Waals surface area contributed by atoms with Gasteiger partial charge in [0.15, 0.2) is 11.5 Å². The number of ether oxygens (including phenoxy) is 2. The first-order valence-electron chi connectivity index (χ1n) is 9.27. The third kappa shape index (κ3) is 4.32. The molecule has 27 heavy (non-hydrogen) atoms. The van der Waals surface area contributed by atoms with Crippen molar-refractivity contribution in [2.45, 2.75) is 32.7 Å². The second-order valence-electron chi connectivity index (χ2n) is 6.75. The minimum Gasteiger partial charge on any atom is -0.486 e. The number of fused-ring (bicyclic) bond motifs is 1. The molecule has 3 rings (SSSR count). The Labute approximate surface area is 158 Å². The molecule has 2 atom stereocenters. The summed E-state index contributed by atoms with van der Waals surface area (Å²) in [6, 6.07) is 4.67. The highest BCUT2D eigenvalue weighted by atomic mass is 16.6. The van der Waals surface area contributed by atoms with Crippen molar-refractivity contribution < 1.29 is 23.9 Å². The lowest BCUT2D eigenvalue weighted by Crippen LogP contribution is -2.47. The van der Waals surface area contributed by atoms with E-state index in [2.05, 4.69) is 10.6 Å². The molecule has 3 amide bonds. The Kier molecular flexibility index (Phi) is 5.83. The summed E-state index contributed by atoms with van der Waals surface area (Å²) >= 11 is 0. The molecule has 8 heteroatoms. The van der Waals surface area contributed by atoms with Gasteiger partial charge in [0.05, 0.1) is 5.92 Å². The molecular formula is C19H25N3O5. The van der Waals surface area contributed by atoms with Crippen molar-refractivity contribution in [1.29, 1.82) is 0 Å². The fourth-order valence-corrected chi connectivity index (χ4v) is 3.13. The first-order chi connectivity index (χ1) is 13.0. The monoisotopic (exact) mass is 375 g/mol. The van der Waals surface area contributed by atoms with Gasteiger partial charge in [-0.2, -0.15) is 0 Å². The van der Waals surface area contributed by atoms with E-state index in [1.54, 1.807) is 30.0 Å². The molecule has 1 aromatic rings. The van der Waals surface area contributed by atoms with Gasteiger partial charge in [0, 0.05) is 31.3 Å². The van der Waals surface area contributed by atoms with Gasteiger partial charge in [-0.05, 0) is 25.5 Å². The molecule has 0 spiro atoms. The molecule has 2 heterocycles. The van der Waals surface area contributed by atoms with Crippen LogP contribution in [-0.2, 0) is 14.4 Å². The van der Waals surface area contributed by atoms with Gasteiger partial charge in [-0.1, -0.05) is 6.92 Å². The summed E-state index contributed by atoms with van der Waals surface area (Å²) in [5, 5.41) is 5.44. The fraction of sp³-hybridized carbons (Fsp3) is 0.526. The van der Waals surface area contributed by atoms with Gasteiger partial charge in [0.2, 0.25) is 17.7 Å². The summed E-state index contributed by atoms with van der Waals surface area (Å²) < 4.78 is 11.0. The lowest BCUT2D eigenvalue weighted by molar-refractivity contribution is -0.130. The van der Waals surface area contributed by atoms with E-state index >= 15 is 0 Å². The Morgan fingerprint density at radius 2 is 2.00 bits per heavy atom. The van der Waals surface area contributed by atoms with Crippen molar-refractivity contribution in [2.75, 3.05) is 31.2 Å².